The topological polar surface area (TPSA) is 64.3 Å². The number of hydroxylamine groups is 1. The molecule has 0 aromatic carbocycles. The zero-order chi connectivity index (χ0) is 9.40. The molecule has 0 rings (SSSR count). The van der Waals surface area contributed by atoms with Crippen molar-refractivity contribution in [1.82, 2.24) is 5.48 Å². The number of nitrogens with two attached hydrogens (primary N) is 1. The molecule has 0 saturated carbocycles. The van der Waals surface area contributed by atoms with Crippen LogP contribution in [0.25, 0.3) is 0 Å². The van der Waals surface area contributed by atoms with Crippen molar-refractivity contribution in [2.45, 2.75) is 26.2 Å². The van der Waals surface area contributed by atoms with Crippen LogP contribution in [-0.2, 0) is 9.63 Å². The minimum absolute atomic E-state index is 0.0682. The van der Waals surface area contributed by atoms with Crippen LogP contribution in [0.1, 0.15) is 26.2 Å². The fraction of sp³-hybridized carbons (Fsp3) is 0.875. The van der Waals surface area contributed by atoms with Crippen molar-refractivity contribution in [1.29, 1.82) is 0 Å². The summed E-state index contributed by atoms with van der Waals surface area (Å²) in [4.78, 5) is 15.4. The summed E-state index contributed by atoms with van der Waals surface area (Å²) in [6.45, 7) is 2.78. The van der Waals surface area contributed by atoms with Crippen LogP contribution >= 0.6 is 0 Å². The highest BCUT2D eigenvalue weighted by molar-refractivity contribution is 5.74. The number of rotatable bonds is 6. The van der Waals surface area contributed by atoms with Gasteiger partial charge >= 0.3 is 0 Å². The van der Waals surface area contributed by atoms with Gasteiger partial charge in [-0.25, -0.2) is 5.48 Å². The Morgan fingerprint density at radius 1 is 1.58 bits per heavy atom. The first-order valence-corrected chi connectivity index (χ1v) is 4.22. The summed E-state index contributed by atoms with van der Waals surface area (Å²) in [5.74, 6) is 0.443. The molecule has 0 aliphatic heterocycles. The lowest BCUT2D eigenvalue weighted by molar-refractivity contribution is -0.131. The summed E-state index contributed by atoms with van der Waals surface area (Å²) in [5, 5.41) is 0. The van der Waals surface area contributed by atoms with Crippen LogP contribution in [-0.4, -0.2) is 19.6 Å². The Bertz CT molecular complexity index is 128. The van der Waals surface area contributed by atoms with Crippen LogP contribution in [0.3, 0.4) is 0 Å². The van der Waals surface area contributed by atoms with Crippen molar-refractivity contribution in [2.24, 2.45) is 11.7 Å². The Morgan fingerprint density at radius 2 is 2.25 bits per heavy atom. The molecule has 0 spiro atoms. The largest absolute Gasteiger partial charge is 0.330 e. The van der Waals surface area contributed by atoms with E-state index in [1.165, 1.54) is 7.11 Å². The van der Waals surface area contributed by atoms with Gasteiger partial charge in [-0.05, 0) is 25.3 Å². The molecule has 0 fully saturated rings. The fourth-order valence-corrected chi connectivity index (χ4v) is 0.971. The van der Waals surface area contributed by atoms with Crippen molar-refractivity contribution < 1.29 is 9.63 Å². The maximum Gasteiger partial charge on any atom is 0.243 e. The van der Waals surface area contributed by atoms with Gasteiger partial charge in [-0.3, -0.25) is 9.63 Å². The van der Waals surface area contributed by atoms with Gasteiger partial charge in [0, 0.05) is 6.42 Å². The van der Waals surface area contributed by atoms with E-state index in [0.29, 0.717) is 18.9 Å². The molecule has 4 nitrogen and oxygen atoms in total. The Balaban J connectivity index is 3.33. The van der Waals surface area contributed by atoms with Crippen molar-refractivity contribution >= 4 is 5.91 Å². The highest BCUT2D eigenvalue weighted by Crippen LogP contribution is 2.08. The summed E-state index contributed by atoms with van der Waals surface area (Å²) in [5.41, 5.74) is 7.64. The van der Waals surface area contributed by atoms with E-state index in [1.54, 1.807) is 0 Å². The molecule has 0 aromatic heterocycles. The number of nitrogens with one attached hydrogen (secondary N) is 1. The van der Waals surface area contributed by atoms with Gasteiger partial charge in [0.05, 0.1) is 7.11 Å². The van der Waals surface area contributed by atoms with Crippen LogP contribution in [0.5, 0.6) is 0 Å². The quantitative estimate of drug-likeness (QED) is 0.574. The molecule has 0 aromatic rings. The number of amides is 1. The monoisotopic (exact) mass is 174 g/mol. The van der Waals surface area contributed by atoms with E-state index in [-0.39, 0.29) is 5.91 Å². The number of carbonyl (C=O) groups excluding carboxylic acids is 1. The van der Waals surface area contributed by atoms with Crippen LogP contribution in [0.2, 0.25) is 0 Å². The Kier molecular flexibility index (Phi) is 6.70. The number of hydrogen-bond acceptors (Lipinski definition) is 3. The first-order chi connectivity index (χ1) is 5.70. The Morgan fingerprint density at radius 3 is 2.75 bits per heavy atom. The van der Waals surface area contributed by atoms with E-state index in [1.807, 2.05) is 0 Å². The summed E-state index contributed by atoms with van der Waals surface area (Å²) >= 11 is 0. The predicted octanol–water partition coefficient (Wildman–Crippen LogP) is 0.429. The zero-order valence-electron chi connectivity index (χ0n) is 7.80. The third kappa shape index (κ3) is 6.12. The average Bonchev–Trinajstić information content (AvgIpc) is 2.02. The van der Waals surface area contributed by atoms with E-state index >= 15 is 0 Å². The van der Waals surface area contributed by atoms with E-state index in [9.17, 15) is 4.79 Å². The molecule has 0 bridgehead atoms. The second-order valence-corrected chi connectivity index (χ2v) is 2.95. The summed E-state index contributed by atoms with van der Waals surface area (Å²) in [6.07, 6.45) is 2.35. The van der Waals surface area contributed by atoms with Crippen molar-refractivity contribution in [2.75, 3.05) is 13.7 Å². The molecule has 0 saturated heterocycles. The molecule has 3 N–H and O–H groups in total. The molecule has 12 heavy (non-hydrogen) atoms. The van der Waals surface area contributed by atoms with Gasteiger partial charge in [-0.2, -0.15) is 0 Å². The minimum Gasteiger partial charge on any atom is -0.330 e. The van der Waals surface area contributed by atoms with E-state index in [2.05, 4.69) is 17.2 Å². The van der Waals surface area contributed by atoms with Crippen LogP contribution < -0.4 is 11.2 Å². The maximum absolute atomic E-state index is 10.9. The highest BCUT2D eigenvalue weighted by atomic mass is 16.6. The lowest BCUT2D eigenvalue weighted by Gasteiger charge is -2.08. The van der Waals surface area contributed by atoms with E-state index in [4.69, 9.17) is 5.73 Å². The van der Waals surface area contributed by atoms with Gasteiger partial charge in [-0.1, -0.05) is 6.92 Å². The summed E-state index contributed by atoms with van der Waals surface area (Å²) < 4.78 is 0. The first-order valence-electron chi connectivity index (χ1n) is 4.22. The van der Waals surface area contributed by atoms with E-state index < -0.39 is 0 Å². The molecule has 0 aliphatic carbocycles. The van der Waals surface area contributed by atoms with Crippen LogP contribution in [0.15, 0.2) is 0 Å². The predicted molar refractivity (Wildman–Crippen MR) is 47.2 cm³/mol. The van der Waals surface area contributed by atoms with Gasteiger partial charge in [0.2, 0.25) is 5.91 Å². The summed E-state index contributed by atoms with van der Waals surface area (Å²) in [6, 6.07) is 0. The van der Waals surface area contributed by atoms with Gasteiger partial charge in [0.25, 0.3) is 0 Å². The van der Waals surface area contributed by atoms with Gasteiger partial charge in [0.1, 0.15) is 0 Å². The van der Waals surface area contributed by atoms with E-state index in [0.717, 1.165) is 12.8 Å². The molecular weight excluding hydrogens is 156 g/mol. The first kappa shape index (κ1) is 11.4. The SMILES string of the molecule is CONC(=O)CCC(C)CCN. The Labute approximate surface area is 73.4 Å². The second kappa shape index (κ2) is 7.06. The molecule has 1 atom stereocenters. The van der Waals surface area contributed by atoms with Crippen molar-refractivity contribution in [3.63, 3.8) is 0 Å². The molecule has 0 radical (unpaired) electrons. The fourth-order valence-electron chi connectivity index (χ4n) is 0.971. The third-order valence-corrected chi connectivity index (χ3v) is 1.74. The van der Waals surface area contributed by atoms with Crippen molar-refractivity contribution in [3.8, 4) is 0 Å². The molecule has 4 heteroatoms. The molecular formula is C8H18N2O2. The molecule has 0 heterocycles. The third-order valence-electron chi connectivity index (χ3n) is 1.74. The number of carbonyl (C=O) groups is 1. The molecule has 1 amide bonds. The molecule has 72 valence electrons. The number of hydrogen-bond donors (Lipinski definition) is 2. The molecule has 1 unspecified atom stereocenters. The lowest BCUT2D eigenvalue weighted by atomic mass is 10.0. The van der Waals surface area contributed by atoms with Gasteiger partial charge < -0.3 is 5.73 Å². The zero-order valence-corrected chi connectivity index (χ0v) is 7.80. The van der Waals surface area contributed by atoms with Gasteiger partial charge in [0.15, 0.2) is 0 Å². The summed E-state index contributed by atoms with van der Waals surface area (Å²) in [7, 11) is 1.43. The Hall–Kier alpha value is -0.610. The lowest BCUT2D eigenvalue weighted by Crippen LogP contribution is -2.22. The standard InChI is InChI=1S/C8H18N2O2/c1-7(5-6-9)3-4-8(11)10-12-2/h7H,3-6,9H2,1-2H3,(H,10,11). The highest BCUT2D eigenvalue weighted by Gasteiger charge is 2.04. The van der Waals surface area contributed by atoms with Gasteiger partial charge in [-0.15, -0.1) is 0 Å². The smallest absolute Gasteiger partial charge is 0.243 e. The second-order valence-electron chi connectivity index (χ2n) is 2.95. The minimum atomic E-state index is -0.0682. The van der Waals surface area contributed by atoms with Crippen molar-refractivity contribution in [3.05, 3.63) is 0 Å². The average molecular weight is 174 g/mol. The maximum atomic E-state index is 10.9. The van der Waals surface area contributed by atoms with Crippen LogP contribution in [0, 0.1) is 5.92 Å². The van der Waals surface area contributed by atoms with Crippen LogP contribution in [0.4, 0.5) is 0 Å². The molecule has 0 aliphatic rings. The normalized spacial score (nSPS) is 12.6.